The van der Waals surface area contributed by atoms with Crippen molar-refractivity contribution in [1.29, 1.82) is 0 Å². The first-order chi connectivity index (χ1) is 10.5. The predicted octanol–water partition coefficient (Wildman–Crippen LogP) is 2.25. The Hall–Kier alpha value is -1.21. The van der Waals surface area contributed by atoms with Crippen molar-refractivity contribution in [2.75, 3.05) is 19.8 Å². The van der Waals surface area contributed by atoms with Crippen molar-refractivity contribution in [2.24, 2.45) is 5.92 Å². The minimum absolute atomic E-state index is 0.0229. The number of hydrogen-bond acceptors (Lipinski definition) is 5. The number of rotatable bonds is 9. The molecule has 0 aromatic heterocycles. The van der Waals surface area contributed by atoms with Gasteiger partial charge in [0, 0.05) is 11.3 Å². The number of carbonyl (C=O) groups is 1. The van der Waals surface area contributed by atoms with Gasteiger partial charge in [-0.05, 0) is 25.7 Å². The smallest absolute Gasteiger partial charge is 0.303 e. The maximum atomic E-state index is 10.9. The second kappa shape index (κ2) is 7.87. The lowest BCUT2D eigenvalue weighted by molar-refractivity contribution is -0.493. The summed E-state index contributed by atoms with van der Waals surface area (Å²) >= 11 is 0. The van der Waals surface area contributed by atoms with E-state index in [2.05, 4.69) is 0 Å². The van der Waals surface area contributed by atoms with Crippen molar-refractivity contribution in [1.82, 2.24) is 0 Å². The summed E-state index contributed by atoms with van der Waals surface area (Å²) in [5.41, 5.74) is -0.502. The van der Waals surface area contributed by atoms with Crippen LogP contribution in [0.3, 0.4) is 0 Å². The molecular weight excluding hydrogens is 290 g/mol. The number of hydrogen-bond donors (Lipinski definition) is 1. The van der Waals surface area contributed by atoms with Crippen LogP contribution in [0.1, 0.15) is 51.4 Å². The molecule has 2 fully saturated rings. The van der Waals surface area contributed by atoms with Gasteiger partial charge in [-0.1, -0.05) is 19.3 Å². The van der Waals surface area contributed by atoms with Crippen LogP contribution in [0.2, 0.25) is 0 Å². The zero-order chi connectivity index (χ0) is 16.0. The molecule has 0 aromatic rings. The van der Waals surface area contributed by atoms with Crippen molar-refractivity contribution in [3.05, 3.63) is 10.1 Å². The lowest BCUT2D eigenvalue weighted by Gasteiger charge is -2.42. The van der Waals surface area contributed by atoms with E-state index in [1.165, 1.54) is 0 Å². The third-order valence-electron chi connectivity index (χ3n) is 4.86. The normalized spacial score (nSPS) is 30.9. The summed E-state index contributed by atoms with van der Waals surface area (Å²) < 4.78 is 11.8. The van der Waals surface area contributed by atoms with Crippen LogP contribution in [-0.2, 0) is 14.3 Å². The standard InChI is InChI=1S/C15H25NO6/c17-14(18)5-3-1-2-4-8-15-12(11-16(19)20)6-7-13(15)21-9-10-22-15/h12-13H,1-11H2,(H,17,18). The predicted molar refractivity (Wildman–Crippen MR) is 78.3 cm³/mol. The Morgan fingerprint density at radius 1 is 1.23 bits per heavy atom. The van der Waals surface area contributed by atoms with Gasteiger partial charge in [0.25, 0.3) is 0 Å². The van der Waals surface area contributed by atoms with Crippen LogP contribution in [0, 0.1) is 16.0 Å². The van der Waals surface area contributed by atoms with E-state index in [4.69, 9.17) is 14.6 Å². The fraction of sp³-hybridized carbons (Fsp3) is 0.933. The van der Waals surface area contributed by atoms with Crippen LogP contribution < -0.4 is 0 Å². The molecule has 1 heterocycles. The van der Waals surface area contributed by atoms with Crippen LogP contribution >= 0.6 is 0 Å². The van der Waals surface area contributed by atoms with Crippen molar-refractivity contribution in [2.45, 2.75) is 63.1 Å². The molecule has 1 aliphatic carbocycles. The zero-order valence-electron chi connectivity index (χ0n) is 12.9. The molecule has 1 N–H and O–H groups in total. The Balaban J connectivity index is 1.85. The third-order valence-corrected chi connectivity index (χ3v) is 4.86. The molecule has 1 aliphatic heterocycles. The largest absolute Gasteiger partial charge is 0.481 e. The van der Waals surface area contributed by atoms with Crippen LogP contribution in [0.15, 0.2) is 0 Å². The van der Waals surface area contributed by atoms with Crippen LogP contribution in [0.25, 0.3) is 0 Å². The van der Waals surface area contributed by atoms with Crippen molar-refractivity contribution >= 4 is 5.97 Å². The van der Waals surface area contributed by atoms with Gasteiger partial charge >= 0.3 is 5.97 Å². The van der Waals surface area contributed by atoms with E-state index in [0.717, 1.165) is 38.5 Å². The SMILES string of the molecule is O=C(O)CCCCCCC12OCCOC1CCC2C[N+](=O)[O-]. The van der Waals surface area contributed by atoms with Crippen molar-refractivity contribution in [3.8, 4) is 0 Å². The summed E-state index contributed by atoms with van der Waals surface area (Å²) in [6, 6.07) is 0. The first-order valence-corrected chi connectivity index (χ1v) is 8.14. The molecule has 1 saturated heterocycles. The van der Waals surface area contributed by atoms with Gasteiger partial charge in [-0.25, -0.2) is 0 Å². The lowest BCUT2D eigenvalue weighted by Crippen LogP contribution is -2.52. The second-order valence-electron chi connectivity index (χ2n) is 6.26. The molecule has 1 saturated carbocycles. The van der Waals surface area contributed by atoms with Gasteiger partial charge in [-0.3, -0.25) is 14.9 Å². The monoisotopic (exact) mass is 315 g/mol. The van der Waals surface area contributed by atoms with Gasteiger partial charge in [0.05, 0.1) is 25.2 Å². The van der Waals surface area contributed by atoms with E-state index in [0.29, 0.717) is 19.6 Å². The molecule has 0 bridgehead atoms. The molecular formula is C15H25NO6. The fourth-order valence-corrected chi connectivity index (χ4v) is 3.86. The van der Waals surface area contributed by atoms with Crippen molar-refractivity contribution in [3.63, 3.8) is 0 Å². The van der Waals surface area contributed by atoms with Crippen LogP contribution in [0.5, 0.6) is 0 Å². The highest BCUT2D eigenvalue weighted by molar-refractivity contribution is 5.66. The van der Waals surface area contributed by atoms with E-state index in [1.807, 2.05) is 0 Å². The van der Waals surface area contributed by atoms with E-state index in [1.54, 1.807) is 0 Å². The molecule has 0 aromatic carbocycles. The average Bonchev–Trinajstić information content (AvgIpc) is 2.81. The summed E-state index contributed by atoms with van der Waals surface area (Å²) in [7, 11) is 0. The first kappa shape index (κ1) is 17.1. The van der Waals surface area contributed by atoms with Gasteiger partial charge in [-0.15, -0.1) is 0 Å². The Morgan fingerprint density at radius 3 is 2.73 bits per heavy atom. The van der Waals surface area contributed by atoms with E-state index in [-0.39, 0.29) is 29.9 Å². The Morgan fingerprint density at radius 2 is 2.00 bits per heavy atom. The quantitative estimate of drug-likeness (QED) is 0.398. The van der Waals surface area contributed by atoms with Gasteiger partial charge in [0.15, 0.2) is 0 Å². The van der Waals surface area contributed by atoms with Gasteiger partial charge in [0.1, 0.15) is 5.60 Å². The third kappa shape index (κ3) is 4.16. The summed E-state index contributed by atoms with van der Waals surface area (Å²) in [6.45, 7) is 1.01. The first-order valence-electron chi connectivity index (χ1n) is 8.14. The zero-order valence-corrected chi connectivity index (χ0v) is 12.9. The highest BCUT2D eigenvalue weighted by atomic mass is 16.6. The molecule has 7 nitrogen and oxygen atoms in total. The number of ether oxygens (including phenoxy) is 2. The van der Waals surface area contributed by atoms with E-state index in [9.17, 15) is 14.9 Å². The number of nitro groups is 1. The highest BCUT2D eigenvalue weighted by Crippen LogP contribution is 2.46. The molecule has 7 heteroatoms. The molecule has 3 unspecified atom stereocenters. The van der Waals surface area contributed by atoms with E-state index < -0.39 is 11.6 Å². The molecule has 0 radical (unpaired) electrons. The van der Waals surface area contributed by atoms with E-state index >= 15 is 0 Å². The molecule has 0 spiro atoms. The van der Waals surface area contributed by atoms with Crippen LogP contribution in [0.4, 0.5) is 0 Å². The number of aliphatic carboxylic acids is 1. The number of carboxylic acid groups (broad SMARTS) is 1. The Bertz CT molecular complexity index is 401. The fourth-order valence-electron chi connectivity index (χ4n) is 3.86. The molecule has 126 valence electrons. The van der Waals surface area contributed by atoms with Gasteiger partial charge in [-0.2, -0.15) is 0 Å². The molecule has 0 amide bonds. The van der Waals surface area contributed by atoms with Crippen molar-refractivity contribution < 1.29 is 24.3 Å². The molecule has 2 aliphatic rings. The number of nitrogens with zero attached hydrogens (tertiary/aromatic N) is 1. The second-order valence-corrected chi connectivity index (χ2v) is 6.26. The Labute approximate surface area is 130 Å². The average molecular weight is 315 g/mol. The topological polar surface area (TPSA) is 98.9 Å². The summed E-state index contributed by atoms with van der Waals surface area (Å²) in [5, 5.41) is 19.5. The minimum atomic E-state index is -0.760. The van der Waals surface area contributed by atoms with Gasteiger partial charge < -0.3 is 14.6 Å². The maximum Gasteiger partial charge on any atom is 0.303 e. The lowest BCUT2D eigenvalue weighted by atomic mass is 9.83. The summed E-state index contributed by atoms with van der Waals surface area (Å²) in [6.07, 6.45) is 5.94. The molecule has 22 heavy (non-hydrogen) atoms. The number of carboxylic acids is 1. The minimum Gasteiger partial charge on any atom is -0.481 e. The molecule has 3 atom stereocenters. The van der Waals surface area contributed by atoms with Gasteiger partial charge in [0.2, 0.25) is 6.54 Å². The number of unbranched alkanes of at least 4 members (excludes halogenated alkanes) is 3. The summed E-state index contributed by atoms with van der Waals surface area (Å²) in [4.78, 5) is 21.1. The highest BCUT2D eigenvalue weighted by Gasteiger charge is 2.54. The molecule has 2 rings (SSSR count). The maximum absolute atomic E-state index is 10.9. The number of fused-ring (bicyclic) bond motifs is 1. The summed E-state index contributed by atoms with van der Waals surface area (Å²) in [5.74, 6) is -0.837. The van der Waals surface area contributed by atoms with Crippen LogP contribution in [-0.4, -0.2) is 47.5 Å². The Kier molecular flexibility index (Phi) is 6.14.